The van der Waals surface area contributed by atoms with Gasteiger partial charge in [-0.2, -0.15) is 5.10 Å². The molecule has 1 aliphatic heterocycles. The van der Waals surface area contributed by atoms with Crippen LogP contribution < -0.4 is 0 Å². The van der Waals surface area contributed by atoms with E-state index in [1.54, 1.807) is 0 Å². The molecule has 2 heterocycles. The van der Waals surface area contributed by atoms with E-state index in [0.29, 0.717) is 5.92 Å². The predicted octanol–water partition coefficient (Wildman–Crippen LogP) is 1.11. The molecule has 1 aliphatic rings. The van der Waals surface area contributed by atoms with Crippen LogP contribution in [0.25, 0.3) is 0 Å². The molecule has 0 aromatic carbocycles. The van der Waals surface area contributed by atoms with E-state index in [4.69, 9.17) is 0 Å². The molecular formula is C12H21N3O. The summed E-state index contributed by atoms with van der Waals surface area (Å²) in [5, 5.41) is 13.8. The molecule has 0 radical (unpaired) electrons. The van der Waals surface area contributed by atoms with Crippen molar-refractivity contribution < 1.29 is 5.11 Å². The molecular weight excluding hydrogens is 202 g/mol. The summed E-state index contributed by atoms with van der Waals surface area (Å²) in [5.74, 6) is 0.443. The summed E-state index contributed by atoms with van der Waals surface area (Å²) < 4.78 is 2.04. The lowest BCUT2D eigenvalue weighted by molar-refractivity contribution is 0.127. The smallest absolute Gasteiger partial charge is 0.0552 e. The minimum absolute atomic E-state index is 0.180. The second-order valence-corrected chi connectivity index (χ2v) is 4.66. The third-order valence-electron chi connectivity index (χ3n) is 3.48. The van der Waals surface area contributed by atoms with E-state index in [9.17, 15) is 5.11 Å². The molecule has 4 heteroatoms. The Morgan fingerprint density at radius 1 is 1.62 bits per heavy atom. The summed E-state index contributed by atoms with van der Waals surface area (Å²) in [4.78, 5) is 2.40. The molecule has 90 valence electrons. The van der Waals surface area contributed by atoms with Gasteiger partial charge in [0.15, 0.2) is 0 Å². The summed E-state index contributed by atoms with van der Waals surface area (Å²) in [7, 11) is 0. The Morgan fingerprint density at radius 3 is 3.06 bits per heavy atom. The van der Waals surface area contributed by atoms with E-state index in [2.05, 4.69) is 23.0 Å². The van der Waals surface area contributed by atoms with Gasteiger partial charge in [0.2, 0.25) is 0 Å². The van der Waals surface area contributed by atoms with Crippen LogP contribution in [0.3, 0.4) is 0 Å². The van der Waals surface area contributed by atoms with Crippen molar-refractivity contribution in [2.45, 2.75) is 39.5 Å². The molecule has 2 rings (SSSR count). The first-order valence-electron chi connectivity index (χ1n) is 6.11. The van der Waals surface area contributed by atoms with Gasteiger partial charge in [0.1, 0.15) is 0 Å². The van der Waals surface area contributed by atoms with Crippen molar-refractivity contribution in [3.05, 3.63) is 18.0 Å². The zero-order valence-corrected chi connectivity index (χ0v) is 10.1. The number of aryl methyl sites for hydroxylation is 1. The van der Waals surface area contributed by atoms with Crippen molar-refractivity contribution in [3.8, 4) is 0 Å². The quantitative estimate of drug-likeness (QED) is 0.831. The predicted molar refractivity (Wildman–Crippen MR) is 63.0 cm³/mol. The molecule has 0 aliphatic carbocycles. The molecule has 2 atom stereocenters. The normalized spacial score (nSPS) is 23.8. The fourth-order valence-electron chi connectivity index (χ4n) is 2.41. The number of likely N-dealkylation sites (tertiary alicyclic amines) is 1. The Hall–Kier alpha value is -0.870. The highest BCUT2D eigenvalue weighted by Gasteiger charge is 2.26. The third-order valence-corrected chi connectivity index (χ3v) is 3.48. The van der Waals surface area contributed by atoms with E-state index in [1.807, 2.05) is 17.8 Å². The Balaban J connectivity index is 1.92. The van der Waals surface area contributed by atoms with Crippen molar-refractivity contribution in [1.29, 1.82) is 0 Å². The Bertz CT molecular complexity index is 335. The van der Waals surface area contributed by atoms with Crippen molar-refractivity contribution in [3.63, 3.8) is 0 Å². The Labute approximate surface area is 96.9 Å². The molecule has 1 aromatic rings. The van der Waals surface area contributed by atoms with Crippen LogP contribution in [0.15, 0.2) is 12.3 Å². The van der Waals surface area contributed by atoms with Crippen LogP contribution in [-0.2, 0) is 13.1 Å². The van der Waals surface area contributed by atoms with Gasteiger partial charge in [-0.15, -0.1) is 0 Å². The van der Waals surface area contributed by atoms with Gasteiger partial charge in [0.05, 0.1) is 11.8 Å². The average molecular weight is 223 g/mol. The standard InChI is InChI=1S/C12H21N3O/c1-3-15-12(4-6-13-15)9-14-7-5-11(8-14)10(2)16/h4,6,10-11,16H,3,5,7-9H2,1-2H3. The highest BCUT2D eigenvalue weighted by molar-refractivity contribution is 5.01. The van der Waals surface area contributed by atoms with Crippen molar-refractivity contribution in [1.82, 2.24) is 14.7 Å². The number of nitrogens with zero attached hydrogens (tertiary/aromatic N) is 3. The number of hydrogen-bond donors (Lipinski definition) is 1. The SMILES string of the molecule is CCn1nccc1CN1CCC(C(C)O)C1. The maximum atomic E-state index is 9.55. The lowest BCUT2D eigenvalue weighted by atomic mass is 10.0. The van der Waals surface area contributed by atoms with E-state index < -0.39 is 0 Å². The zero-order valence-electron chi connectivity index (χ0n) is 10.1. The van der Waals surface area contributed by atoms with Crippen LogP contribution in [0.5, 0.6) is 0 Å². The van der Waals surface area contributed by atoms with Gasteiger partial charge in [0, 0.05) is 25.8 Å². The summed E-state index contributed by atoms with van der Waals surface area (Å²) in [6.07, 6.45) is 2.79. The average Bonchev–Trinajstić information content (AvgIpc) is 2.87. The van der Waals surface area contributed by atoms with Crippen molar-refractivity contribution in [2.24, 2.45) is 5.92 Å². The van der Waals surface area contributed by atoms with Crippen LogP contribution in [0.4, 0.5) is 0 Å². The van der Waals surface area contributed by atoms with Crippen LogP contribution in [0.1, 0.15) is 26.0 Å². The van der Waals surface area contributed by atoms with E-state index in [0.717, 1.165) is 32.6 Å². The van der Waals surface area contributed by atoms with Gasteiger partial charge >= 0.3 is 0 Å². The molecule has 0 bridgehead atoms. The summed E-state index contributed by atoms with van der Waals surface area (Å²) in [6.45, 7) is 7.98. The van der Waals surface area contributed by atoms with Crippen LogP contribution in [0.2, 0.25) is 0 Å². The zero-order chi connectivity index (χ0) is 11.5. The van der Waals surface area contributed by atoms with Crippen molar-refractivity contribution in [2.75, 3.05) is 13.1 Å². The minimum atomic E-state index is -0.180. The largest absolute Gasteiger partial charge is 0.393 e. The fraction of sp³-hybridized carbons (Fsp3) is 0.750. The highest BCUT2D eigenvalue weighted by Crippen LogP contribution is 2.21. The fourth-order valence-corrected chi connectivity index (χ4v) is 2.41. The monoisotopic (exact) mass is 223 g/mol. The minimum Gasteiger partial charge on any atom is -0.393 e. The molecule has 4 nitrogen and oxygen atoms in total. The second-order valence-electron chi connectivity index (χ2n) is 4.66. The van der Waals surface area contributed by atoms with Gasteiger partial charge in [-0.05, 0) is 38.8 Å². The number of hydrogen-bond acceptors (Lipinski definition) is 3. The van der Waals surface area contributed by atoms with E-state index in [1.165, 1.54) is 5.69 Å². The molecule has 1 N–H and O–H groups in total. The Kier molecular flexibility index (Phi) is 3.61. The molecule has 2 unspecified atom stereocenters. The highest BCUT2D eigenvalue weighted by atomic mass is 16.3. The topological polar surface area (TPSA) is 41.3 Å². The molecule has 16 heavy (non-hydrogen) atoms. The number of aliphatic hydroxyl groups excluding tert-OH is 1. The molecule has 0 amide bonds. The summed E-state index contributed by atoms with van der Waals surface area (Å²) >= 11 is 0. The van der Waals surface area contributed by atoms with E-state index in [-0.39, 0.29) is 6.10 Å². The third kappa shape index (κ3) is 2.44. The molecule has 1 aromatic heterocycles. The number of aliphatic hydroxyl groups is 1. The van der Waals surface area contributed by atoms with Gasteiger partial charge in [-0.1, -0.05) is 0 Å². The number of rotatable bonds is 4. The van der Waals surface area contributed by atoms with Gasteiger partial charge in [-0.3, -0.25) is 9.58 Å². The molecule has 0 spiro atoms. The first kappa shape index (κ1) is 11.6. The molecule has 0 saturated carbocycles. The first-order valence-corrected chi connectivity index (χ1v) is 6.11. The Morgan fingerprint density at radius 2 is 2.44 bits per heavy atom. The lowest BCUT2D eigenvalue weighted by Crippen LogP contribution is -2.25. The second kappa shape index (κ2) is 4.97. The maximum absolute atomic E-state index is 9.55. The van der Waals surface area contributed by atoms with Gasteiger partial charge < -0.3 is 5.11 Å². The van der Waals surface area contributed by atoms with Crippen LogP contribution >= 0.6 is 0 Å². The molecule has 1 saturated heterocycles. The summed E-state index contributed by atoms with van der Waals surface area (Å²) in [6, 6.07) is 2.08. The van der Waals surface area contributed by atoms with Crippen LogP contribution in [-0.4, -0.2) is 39.0 Å². The lowest BCUT2D eigenvalue weighted by Gasteiger charge is -2.17. The number of aromatic nitrogens is 2. The summed E-state index contributed by atoms with van der Waals surface area (Å²) in [5.41, 5.74) is 1.27. The van der Waals surface area contributed by atoms with Crippen LogP contribution in [0, 0.1) is 5.92 Å². The van der Waals surface area contributed by atoms with Crippen molar-refractivity contribution >= 4 is 0 Å². The van der Waals surface area contributed by atoms with Gasteiger partial charge in [0.25, 0.3) is 0 Å². The van der Waals surface area contributed by atoms with E-state index >= 15 is 0 Å². The van der Waals surface area contributed by atoms with Gasteiger partial charge in [-0.25, -0.2) is 0 Å². The molecule has 1 fully saturated rings. The maximum Gasteiger partial charge on any atom is 0.0552 e. The first-order chi connectivity index (χ1) is 7.70.